The van der Waals surface area contributed by atoms with Gasteiger partial charge in [0.05, 0.1) is 13.2 Å². The van der Waals surface area contributed by atoms with Gasteiger partial charge >= 0.3 is 11.9 Å². The first-order chi connectivity index (χ1) is 23.8. The molecule has 0 spiro atoms. The highest BCUT2D eigenvalue weighted by atomic mass is 16.7. The van der Waals surface area contributed by atoms with Gasteiger partial charge in [-0.2, -0.15) is 0 Å². The summed E-state index contributed by atoms with van der Waals surface area (Å²) < 4.78 is 22.0. The van der Waals surface area contributed by atoms with Crippen molar-refractivity contribution in [1.29, 1.82) is 0 Å². The molecule has 284 valence electrons. The van der Waals surface area contributed by atoms with Crippen molar-refractivity contribution in [3.8, 4) is 0 Å². The number of hydrogen-bond acceptors (Lipinski definition) is 10. The second-order valence-electron chi connectivity index (χ2n) is 13.0. The van der Waals surface area contributed by atoms with Crippen LogP contribution in [0.3, 0.4) is 0 Å². The fraction of sp³-hybridized carbons (Fsp3) is 0.795. The lowest BCUT2D eigenvalue weighted by atomic mass is 9.99. The van der Waals surface area contributed by atoms with Crippen LogP contribution in [0.1, 0.15) is 142 Å². The van der Waals surface area contributed by atoms with Gasteiger partial charge in [-0.1, -0.05) is 108 Å². The van der Waals surface area contributed by atoms with E-state index in [1.54, 1.807) is 0 Å². The Morgan fingerprint density at radius 1 is 0.633 bits per heavy atom. The number of aliphatic hydroxyl groups is 4. The van der Waals surface area contributed by atoms with E-state index in [4.69, 9.17) is 18.9 Å². The molecule has 1 aliphatic rings. The summed E-state index contributed by atoms with van der Waals surface area (Å²) in [5.41, 5.74) is 0. The number of unbranched alkanes of at least 4 members (excludes halogenated alkanes) is 13. The molecule has 10 nitrogen and oxygen atoms in total. The lowest BCUT2D eigenvalue weighted by molar-refractivity contribution is -0.305. The lowest BCUT2D eigenvalue weighted by Crippen LogP contribution is -2.59. The van der Waals surface area contributed by atoms with Gasteiger partial charge in [0.2, 0.25) is 0 Å². The third-order valence-corrected chi connectivity index (χ3v) is 8.48. The van der Waals surface area contributed by atoms with Crippen molar-refractivity contribution in [2.45, 2.75) is 179 Å². The quantitative estimate of drug-likeness (QED) is 0.0360. The molecule has 1 rings (SSSR count). The van der Waals surface area contributed by atoms with Crippen LogP contribution in [0.15, 0.2) is 36.5 Å². The molecule has 0 aromatic rings. The van der Waals surface area contributed by atoms with E-state index < -0.39 is 55.4 Å². The molecule has 0 aromatic carbocycles. The number of aliphatic hydroxyl groups excluding tert-OH is 4. The Kier molecular flexibility index (Phi) is 28.2. The Bertz CT molecular complexity index is 902. The van der Waals surface area contributed by atoms with Crippen LogP contribution in [0.25, 0.3) is 0 Å². The molecular formula is C39H68O10. The smallest absolute Gasteiger partial charge is 0.306 e. The molecule has 6 unspecified atom stereocenters. The maximum atomic E-state index is 12.7. The third-order valence-electron chi connectivity index (χ3n) is 8.48. The fourth-order valence-corrected chi connectivity index (χ4v) is 5.38. The highest BCUT2D eigenvalue weighted by Gasteiger charge is 2.44. The predicted octanol–water partition coefficient (Wildman–Crippen LogP) is 6.77. The Labute approximate surface area is 295 Å². The van der Waals surface area contributed by atoms with E-state index in [1.807, 2.05) is 0 Å². The molecule has 49 heavy (non-hydrogen) atoms. The summed E-state index contributed by atoms with van der Waals surface area (Å²) in [6.07, 6.45) is 24.5. The largest absolute Gasteiger partial charge is 0.462 e. The molecule has 1 saturated heterocycles. The minimum absolute atomic E-state index is 0.211. The van der Waals surface area contributed by atoms with Crippen LogP contribution in [0.2, 0.25) is 0 Å². The molecule has 0 radical (unpaired) electrons. The molecule has 1 aliphatic heterocycles. The molecule has 0 saturated carbocycles. The van der Waals surface area contributed by atoms with Gasteiger partial charge < -0.3 is 39.4 Å². The molecule has 1 fully saturated rings. The number of esters is 2. The molecule has 1 heterocycles. The third kappa shape index (κ3) is 23.1. The molecule has 0 bridgehead atoms. The van der Waals surface area contributed by atoms with Crippen LogP contribution in [0.5, 0.6) is 0 Å². The van der Waals surface area contributed by atoms with E-state index in [0.29, 0.717) is 12.8 Å². The van der Waals surface area contributed by atoms with Gasteiger partial charge in [0.15, 0.2) is 12.4 Å². The van der Waals surface area contributed by atoms with Gasteiger partial charge in [0, 0.05) is 12.8 Å². The summed E-state index contributed by atoms with van der Waals surface area (Å²) in [6, 6.07) is 0. The van der Waals surface area contributed by atoms with Gasteiger partial charge in [0.1, 0.15) is 31.0 Å². The van der Waals surface area contributed by atoms with Gasteiger partial charge in [-0.3, -0.25) is 9.59 Å². The molecule has 4 N–H and O–H groups in total. The number of hydrogen-bond donors (Lipinski definition) is 4. The molecule has 0 amide bonds. The predicted molar refractivity (Wildman–Crippen MR) is 192 cm³/mol. The summed E-state index contributed by atoms with van der Waals surface area (Å²) in [6.45, 7) is 3.26. The Morgan fingerprint density at radius 2 is 1.18 bits per heavy atom. The van der Waals surface area contributed by atoms with Crippen LogP contribution < -0.4 is 0 Å². The zero-order valence-electron chi connectivity index (χ0n) is 30.4. The summed E-state index contributed by atoms with van der Waals surface area (Å²) in [7, 11) is 0. The lowest BCUT2D eigenvalue weighted by Gasteiger charge is -2.39. The van der Waals surface area contributed by atoms with E-state index in [9.17, 15) is 30.0 Å². The van der Waals surface area contributed by atoms with Crippen LogP contribution in [-0.4, -0.2) is 89.0 Å². The molecule has 0 aliphatic carbocycles. The zero-order chi connectivity index (χ0) is 36.0. The van der Waals surface area contributed by atoms with Crippen molar-refractivity contribution < 1.29 is 49.0 Å². The average Bonchev–Trinajstić information content (AvgIpc) is 3.10. The van der Waals surface area contributed by atoms with E-state index in [1.165, 1.54) is 12.8 Å². The number of carbonyl (C=O) groups excluding carboxylic acids is 2. The summed E-state index contributed by atoms with van der Waals surface area (Å²) in [5.74, 6) is -0.840. The normalized spacial score (nSPS) is 22.0. The summed E-state index contributed by atoms with van der Waals surface area (Å²) in [4.78, 5) is 25.1. The van der Waals surface area contributed by atoms with Crippen LogP contribution >= 0.6 is 0 Å². The maximum absolute atomic E-state index is 12.7. The van der Waals surface area contributed by atoms with Gasteiger partial charge in [-0.05, 0) is 57.8 Å². The number of carbonyl (C=O) groups is 2. The molecule has 10 heteroatoms. The first-order valence-electron chi connectivity index (χ1n) is 19.1. The van der Waals surface area contributed by atoms with Crippen molar-refractivity contribution in [3.63, 3.8) is 0 Å². The maximum Gasteiger partial charge on any atom is 0.306 e. The van der Waals surface area contributed by atoms with Gasteiger partial charge in [-0.25, -0.2) is 0 Å². The highest BCUT2D eigenvalue weighted by molar-refractivity contribution is 5.70. The Balaban J connectivity index is 2.42. The second kappa shape index (κ2) is 30.7. The molecular weight excluding hydrogens is 628 g/mol. The summed E-state index contributed by atoms with van der Waals surface area (Å²) >= 11 is 0. The average molecular weight is 697 g/mol. The number of rotatable bonds is 30. The number of allylic oxidation sites excluding steroid dienone is 6. The molecule has 6 atom stereocenters. The second-order valence-corrected chi connectivity index (χ2v) is 13.0. The zero-order valence-corrected chi connectivity index (χ0v) is 30.4. The summed E-state index contributed by atoms with van der Waals surface area (Å²) in [5, 5.41) is 39.9. The van der Waals surface area contributed by atoms with Crippen molar-refractivity contribution in [2.24, 2.45) is 0 Å². The van der Waals surface area contributed by atoms with Crippen molar-refractivity contribution in [1.82, 2.24) is 0 Å². The van der Waals surface area contributed by atoms with E-state index in [-0.39, 0.29) is 26.1 Å². The van der Waals surface area contributed by atoms with Crippen molar-refractivity contribution in [3.05, 3.63) is 36.5 Å². The highest BCUT2D eigenvalue weighted by Crippen LogP contribution is 2.22. The first kappa shape index (κ1) is 44.9. The topological polar surface area (TPSA) is 152 Å². The van der Waals surface area contributed by atoms with Gasteiger partial charge in [-0.15, -0.1) is 0 Å². The SMILES string of the molecule is CCC/C=C\CCCCCCCC(=O)OCC(COC1OC(CO)C(O)C(O)C1O)OC(=O)CCCCCCC/C=C\C/C=C\CCCC. The standard InChI is InChI=1S/C39H68O10/c1-3-5-7-9-11-13-15-16-17-18-20-22-24-26-28-35(42)48-32(31-47-39-38(45)37(44)36(43)33(29-40)49-39)30-46-34(41)27-25-23-21-19-14-12-10-8-6-4-2/h8-11,15-16,32-33,36-40,43-45H,3-7,12-14,17-31H2,1-2H3/b10-8-,11-9-,16-15-. The van der Waals surface area contributed by atoms with E-state index >= 15 is 0 Å². The Morgan fingerprint density at radius 3 is 1.80 bits per heavy atom. The minimum atomic E-state index is -1.60. The number of ether oxygens (including phenoxy) is 4. The van der Waals surface area contributed by atoms with Crippen LogP contribution in [-0.2, 0) is 28.5 Å². The minimum Gasteiger partial charge on any atom is -0.462 e. The van der Waals surface area contributed by atoms with Crippen molar-refractivity contribution >= 4 is 11.9 Å². The van der Waals surface area contributed by atoms with E-state index in [2.05, 4.69) is 50.3 Å². The van der Waals surface area contributed by atoms with Crippen LogP contribution in [0.4, 0.5) is 0 Å². The van der Waals surface area contributed by atoms with E-state index in [0.717, 1.165) is 89.9 Å². The Hall–Kier alpha value is -2.08. The van der Waals surface area contributed by atoms with Crippen LogP contribution in [0, 0.1) is 0 Å². The molecule has 0 aromatic heterocycles. The van der Waals surface area contributed by atoms with Crippen molar-refractivity contribution in [2.75, 3.05) is 19.8 Å². The fourth-order valence-electron chi connectivity index (χ4n) is 5.38. The van der Waals surface area contributed by atoms with Gasteiger partial charge in [0.25, 0.3) is 0 Å². The first-order valence-corrected chi connectivity index (χ1v) is 19.1. The monoisotopic (exact) mass is 696 g/mol.